The van der Waals surface area contributed by atoms with Crippen molar-refractivity contribution < 1.29 is 9.72 Å². The second kappa shape index (κ2) is 4.84. The van der Waals surface area contributed by atoms with Gasteiger partial charge >= 0.3 is 0 Å². The Morgan fingerprint density at radius 1 is 1.30 bits per heavy atom. The Morgan fingerprint density at radius 3 is 2.45 bits per heavy atom. The van der Waals surface area contributed by atoms with E-state index >= 15 is 0 Å². The molecule has 3 rings (SSSR count). The Balaban J connectivity index is 2.04. The van der Waals surface area contributed by atoms with Crippen LogP contribution < -0.4 is 4.90 Å². The van der Waals surface area contributed by atoms with Crippen molar-refractivity contribution >= 4 is 33.1 Å². The van der Waals surface area contributed by atoms with Gasteiger partial charge in [0, 0.05) is 41.0 Å². The first-order valence-corrected chi connectivity index (χ1v) is 7.51. The number of nitro benzene ring substituents is 1. The fraction of sp³-hybridized carbons (Fsp3) is 0.500. The Bertz CT molecular complexity index is 586. The molecule has 2 heterocycles. The van der Waals surface area contributed by atoms with Gasteiger partial charge in [0.1, 0.15) is 5.78 Å². The average molecular weight is 339 g/mol. The number of carbonyl (C=O) groups is 1. The Labute approximate surface area is 125 Å². The molecule has 0 spiro atoms. The van der Waals surface area contributed by atoms with Gasteiger partial charge in [-0.3, -0.25) is 14.9 Å². The zero-order valence-corrected chi connectivity index (χ0v) is 12.7. The summed E-state index contributed by atoms with van der Waals surface area (Å²) < 4.78 is 0.867. The molecule has 0 amide bonds. The molecule has 5 nitrogen and oxygen atoms in total. The molecule has 20 heavy (non-hydrogen) atoms. The molecule has 0 aromatic heterocycles. The summed E-state index contributed by atoms with van der Waals surface area (Å²) >= 11 is 3.51. The zero-order valence-electron chi connectivity index (χ0n) is 11.1. The SMILES string of the molecule is Cc1cc(Br)c(N2C3CCC2CC(=O)C3)cc1[N+](=O)[O-]. The van der Waals surface area contributed by atoms with E-state index in [1.807, 2.05) is 0 Å². The second-order valence-corrected chi connectivity index (χ2v) is 6.44. The predicted molar refractivity (Wildman–Crippen MR) is 79.1 cm³/mol. The van der Waals surface area contributed by atoms with E-state index in [2.05, 4.69) is 20.8 Å². The van der Waals surface area contributed by atoms with Crippen LogP contribution >= 0.6 is 15.9 Å². The summed E-state index contributed by atoms with van der Waals surface area (Å²) in [6.07, 6.45) is 3.10. The normalized spacial score (nSPS) is 25.1. The van der Waals surface area contributed by atoms with E-state index in [1.54, 1.807) is 19.1 Å². The van der Waals surface area contributed by atoms with Crippen molar-refractivity contribution in [2.24, 2.45) is 0 Å². The molecule has 2 unspecified atom stereocenters. The molecule has 6 heteroatoms. The fourth-order valence-corrected chi connectivity index (χ4v) is 4.07. The molecule has 1 aromatic rings. The fourth-order valence-electron chi connectivity index (χ4n) is 3.41. The van der Waals surface area contributed by atoms with Gasteiger partial charge in [0.15, 0.2) is 0 Å². The summed E-state index contributed by atoms with van der Waals surface area (Å²) in [5.41, 5.74) is 1.63. The molecule has 2 atom stereocenters. The van der Waals surface area contributed by atoms with Crippen LogP contribution in [0.1, 0.15) is 31.2 Å². The Kier molecular flexibility index (Phi) is 3.28. The summed E-state index contributed by atoms with van der Waals surface area (Å²) in [7, 11) is 0. The number of nitrogens with zero attached hydrogens (tertiary/aromatic N) is 2. The topological polar surface area (TPSA) is 63.5 Å². The summed E-state index contributed by atoms with van der Waals surface area (Å²) in [5.74, 6) is 0.312. The number of fused-ring (bicyclic) bond motifs is 2. The molecule has 0 saturated carbocycles. The lowest BCUT2D eigenvalue weighted by atomic mass is 10.00. The molecule has 0 N–H and O–H groups in total. The number of piperidine rings is 1. The predicted octanol–water partition coefficient (Wildman–Crippen LogP) is 3.37. The number of aryl methyl sites for hydroxylation is 1. The largest absolute Gasteiger partial charge is 0.364 e. The molecule has 1 aromatic carbocycles. The Hall–Kier alpha value is -1.43. The van der Waals surface area contributed by atoms with E-state index < -0.39 is 0 Å². The third kappa shape index (κ3) is 2.12. The lowest BCUT2D eigenvalue weighted by Crippen LogP contribution is -2.43. The summed E-state index contributed by atoms with van der Waals surface area (Å²) in [5, 5.41) is 11.1. The zero-order chi connectivity index (χ0) is 14.4. The molecule has 0 aliphatic carbocycles. The van der Waals surface area contributed by atoms with Gasteiger partial charge in [0.05, 0.1) is 10.6 Å². The van der Waals surface area contributed by atoms with Crippen LogP contribution in [0.3, 0.4) is 0 Å². The van der Waals surface area contributed by atoms with Crippen molar-refractivity contribution in [3.63, 3.8) is 0 Å². The van der Waals surface area contributed by atoms with Gasteiger partial charge in [-0.2, -0.15) is 0 Å². The minimum atomic E-state index is -0.345. The molecule has 2 aliphatic heterocycles. The summed E-state index contributed by atoms with van der Waals surface area (Å²) in [4.78, 5) is 24.6. The molecule has 2 aliphatic rings. The molecule has 106 valence electrons. The monoisotopic (exact) mass is 338 g/mol. The van der Waals surface area contributed by atoms with Gasteiger partial charge in [0.2, 0.25) is 0 Å². The lowest BCUT2D eigenvalue weighted by molar-refractivity contribution is -0.385. The highest BCUT2D eigenvalue weighted by Gasteiger charge is 2.41. The maximum absolute atomic E-state index is 11.7. The van der Waals surface area contributed by atoms with Crippen LogP contribution in [-0.4, -0.2) is 22.8 Å². The van der Waals surface area contributed by atoms with E-state index in [-0.39, 0.29) is 22.7 Å². The van der Waals surface area contributed by atoms with Crippen LogP contribution in [-0.2, 0) is 4.79 Å². The first kappa shape index (κ1) is 13.5. The molecular formula is C14H15BrN2O3. The van der Waals surface area contributed by atoms with Gasteiger partial charge in [-0.15, -0.1) is 0 Å². The number of hydrogen-bond acceptors (Lipinski definition) is 4. The highest BCUT2D eigenvalue weighted by atomic mass is 79.9. The van der Waals surface area contributed by atoms with Crippen molar-refractivity contribution in [1.29, 1.82) is 0 Å². The smallest absolute Gasteiger partial charge is 0.274 e. The number of benzene rings is 1. The highest BCUT2D eigenvalue weighted by molar-refractivity contribution is 9.10. The van der Waals surface area contributed by atoms with Crippen LogP contribution in [0.15, 0.2) is 16.6 Å². The minimum Gasteiger partial charge on any atom is -0.364 e. The summed E-state index contributed by atoms with van der Waals surface area (Å²) in [6, 6.07) is 3.82. The van der Waals surface area contributed by atoms with E-state index in [9.17, 15) is 14.9 Å². The lowest BCUT2D eigenvalue weighted by Gasteiger charge is -2.36. The molecule has 2 fully saturated rings. The van der Waals surface area contributed by atoms with Crippen LogP contribution in [0.2, 0.25) is 0 Å². The van der Waals surface area contributed by atoms with Crippen LogP contribution in [0.4, 0.5) is 11.4 Å². The van der Waals surface area contributed by atoms with E-state index in [0.29, 0.717) is 24.2 Å². The second-order valence-electron chi connectivity index (χ2n) is 5.59. The number of carbonyl (C=O) groups excluding carboxylic acids is 1. The molecule has 0 radical (unpaired) electrons. The highest BCUT2D eigenvalue weighted by Crippen LogP contribution is 2.43. The number of anilines is 1. The summed E-state index contributed by atoms with van der Waals surface area (Å²) in [6.45, 7) is 1.74. The number of rotatable bonds is 2. The van der Waals surface area contributed by atoms with Gasteiger partial charge in [-0.25, -0.2) is 0 Å². The maximum atomic E-state index is 11.7. The van der Waals surface area contributed by atoms with E-state index in [4.69, 9.17) is 0 Å². The third-order valence-corrected chi connectivity index (χ3v) is 4.92. The van der Waals surface area contributed by atoms with Gasteiger partial charge in [0.25, 0.3) is 5.69 Å². The molecule has 2 saturated heterocycles. The number of halogens is 1. The maximum Gasteiger partial charge on any atom is 0.274 e. The molecular weight excluding hydrogens is 324 g/mol. The van der Waals surface area contributed by atoms with Crippen LogP contribution in [0.5, 0.6) is 0 Å². The van der Waals surface area contributed by atoms with Gasteiger partial charge in [-0.05, 0) is 41.8 Å². The minimum absolute atomic E-state index is 0.138. The van der Waals surface area contributed by atoms with E-state index in [1.165, 1.54) is 0 Å². The van der Waals surface area contributed by atoms with Crippen molar-refractivity contribution in [3.8, 4) is 0 Å². The third-order valence-electron chi connectivity index (χ3n) is 4.29. The van der Waals surface area contributed by atoms with Crippen molar-refractivity contribution in [2.75, 3.05) is 4.90 Å². The van der Waals surface area contributed by atoms with E-state index in [0.717, 1.165) is 23.0 Å². The first-order valence-electron chi connectivity index (χ1n) is 6.72. The molecule has 2 bridgehead atoms. The number of nitro groups is 1. The standard InChI is InChI=1S/C14H15BrN2O3/c1-8-4-12(15)14(7-13(8)17(19)20)16-9-2-3-10(16)6-11(18)5-9/h4,7,9-10H,2-3,5-6H2,1H3. The van der Waals surface area contributed by atoms with Gasteiger partial charge in [-0.1, -0.05) is 0 Å². The Morgan fingerprint density at radius 2 is 1.90 bits per heavy atom. The number of hydrogen-bond donors (Lipinski definition) is 0. The first-order chi connectivity index (χ1) is 9.47. The van der Waals surface area contributed by atoms with Crippen molar-refractivity contribution in [1.82, 2.24) is 0 Å². The van der Waals surface area contributed by atoms with Gasteiger partial charge < -0.3 is 4.90 Å². The number of Topliss-reactive ketones (excluding diaryl/α,β-unsaturated/α-hetero) is 1. The van der Waals surface area contributed by atoms with Crippen molar-refractivity contribution in [2.45, 2.75) is 44.7 Å². The van der Waals surface area contributed by atoms with Crippen molar-refractivity contribution in [3.05, 3.63) is 32.3 Å². The van der Waals surface area contributed by atoms with Crippen LogP contribution in [0.25, 0.3) is 0 Å². The van der Waals surface area contributed by atoms with Crippen LogP contribution in [0, 0.1) is 17.0 Å². The number of ketones is 1. The average Bonchev–Trinajstić information content (AvgIpc) is 2.62. The quantitative estimate of drug-likeness (QED) is 0.612.